The molecule has 1 heterocycles. The fourth-order valence-corrected chi connectivity index (χ4v) is 3.72. The molecule has 1 saturated carbocycles. The average Bonchev–Trinajstić information content (AvgIpc) is 3.19. The molecule has 7 heteroatoms. The van der Waals surface area contributed by atoms with Crippen molar-refractivity contribution < 1.29 is 9.59 Å². The Morgan fingerprint density at radius 3 is 2.43 bits per heavy atom. The third-order valence-electron chi connectivity index (χ3n) is 5.39. The first kappa shape index (κ1) is 19.8. The van der Waals surface area contributed by atoms with E-state index < -0.39 is 5.91 Å². The van der Waals surface area contributed by atoms with Crippen LogP contribution in [0, 0.1) is 17.3 Å². The van der Waals surface area contributed by atoms with Crippen molar-refractivity contribution in [2.24, 2.45) is 17.3 Å². The first-order valence-corrected chi connectivity index (χ1v) is 9.43. The molecule has 3 rings (SSSR count). The molecule has 2 N–H and O–H groups in total. The van der Waals surface area contributed by atoms with E-state index in [9.17, 15) is 14.4 Å². The molecule has 0 radical (unpaired) electrons. The van der Waals surface area contributed by atoms with Crippen LogP contribution in [0.1, 0.15) is 45.1 Å². The molecule has 28 heavy (non-hydrogen) atoms. The van der Waals surface area contributed by atoms with Crippen LogP contribution < -0.4 is 16.4 Å². The molecule has 1 aliphatic carbocycles. The molecule has 2 unspecified atom stereocenters. The van der Waals surface area contributed by atoms with Gasteiger partial charge in [0.25, 0.3) is 11.5 Å². The number of aromatic nitrogens is 2. The number of rotatable bonds is 4. The van der Waals surface area contributed by atoms with Gasteiger partial charge in [0.2, 0.25) is 5.91 Å². The second-order valence-corrected chi connectivity index (χ2v) is 8.03. The van der Waals surface area contributed by atoms with Crippen molar-refractivity contribution in [2.45, 2.75) is 41.2 Å². The number of carbonyl (C=O) groups excluding carboxylic acids is 2. The summed E-state index contributed by atoms with van der Waals surface area (Å²) >= 11 is 0. The van der Waals surface area contributed by atoms with Crippen molar-refractivity contribution >= 4 is 22.6 Å². The van der Waals surface area contributed by atoms with E-state index in [1.807, 2.05) is 27.7 Å². The zero-order chi connectivity index (χ0) is 20.6. The number of hydrazine groups is 1. The number of nitrogens with zero attached hydrogens (tertiary/aromatic N) is 2. The summed E-state index contributed by atoms with van der Waals surface area (Å²) < 4.78 is 1.24. The SMILES string of the molecule is CCn1nc(C(=O)NNC(=O)C2C(C=C(C)C)C2(C)C)c2ccccc2c1=O. The fraction of sp³-hybridized carbons (Fsp3) is 0.429. The second kappa shape index (κ2) is 7.22. The summed E-state index contributed by atoms with van der Waals surface area (Å²) in [7, 11) is 0. The van der Waals surface area contributed by atoms with Gasteiger partial charge in [-0.05, 0) is 38.2 Å². The van der Waals surface area contributed by atoms with E-state index in [-0.39, 0.29) is 34.4 Å². The molecule has 1 aromatic heterocycles. The number of hydrogen-bond acceptors (Lipinski definition) is 4. The van der Waals surface area contributed by atoms with Crippen LogP contribution in [0.15, 0.2) is 40.7 Å². The number of carbonyl (C=O) groups is 2. The van der Waals surface area contributed by atoms with Gasteiger partial charge in [-0.15, -0.1) is 0 Å². The third-order valence-corrected chi connectivity index (χ3v) is 5.39. The van der Waals surface area contributed by atoms with E-state index in [0.717, 1.165) is 5.57 Å². The maximum Gasteiger partial charge on any atom is 0.290 e. The first-order valence-electron chi connectivity index (χ1n) is 9.43. The highest BCUT2D eigenvalue weighted by atomic mass is 16.2. The topological polar surface area (TPSA) is 93.1 Å². The summed E-state index contributed by atoms with van der Waals surface area (Å²) in [5.74, 6) is -0.828. The van der Waals surface area contributed by atoms with Gasteiger partial charge in [0.05, 0.1) is 11.3 Å². The Labute approximate surface area is 163 Å². The molecular weight excluding hydrogens is 356 g/mol. The van der Waals surface area contributed by atoms with Crippen LogP contribution in [0.3, 0.4) is 0 Å². The molecule has 7 nitrogen and oxygen atoms in total. The van der Waals surface area contributed by atoms with Gasteiger partial charge in [-0.2, -0.15) is 5.10 Å². The smallest absolute Gasteiger partial charge is 0.273 e. The summed E-state index contributed by atoms with van der Waals surface area (Å²) in [6.45, 7) is 10.2. The highest BCUT2D eigenvalue weighted by Crippen LogP contribution is 2.59. The molecule has 0 saturated heterocycles. The van der Waals surface area contributed by atoms with E-state index in [1.54, 1.807) is 31.2 Å². The number of allylic oxidation sites excluding steroid dienone is 2. The summed E-state index contributed by atoms with van der Waals surface area (Å²) in [5, 5.41) is 5.05. The molecule has 1 aliphatic rings. The standard InChI is InChI=1S/C21H26N4O3/c1-6-25-20(28)14-10-8-7-9-13(14)17(24-25)19(27)23-22-18(26)16-15(11-12(2)3)21(16,4)5/h7-11,15-16H,6H2,1-5H3,(H,22,26)(H,23,27). The van der Waals surface area contributed by atoms with Crippen molar-refractivity contribution in [3.05, 3.63) is 52.0 Å². The maximum absolute atomic E-state index is 12.7. The molecule has 1 aromatic carbocycles. The Kier molecular flexibility index (Phi) is 5.10. The Hall–Kier alpha value is -2.96. The molecule has 0 bridgehead atoms. The lowest BCUT2D eigenvalue weighted by Gasteiger charge is -2.11. The molecular formula is C21H26N4O3. The third kappa shape index (κ3) is 3.44. The van der Waals surface area contributed by atoms with Gasteiger partial charge in [-0.3, -0.25) is 25.2 Å². The van der Waals surface area contributed by atoms with Crippen LogP contribution in [-0.2, 0) is 11.3 Å². The summed E-state index contributed by atoms with van der Waals surface area (Å²) in [6, 6.07) is 6.82. The number of fused-ring (bicyclic) bond motifs is 1. The predicted octanol–water partition coefficient (Wildman–Crippen LogP) is 2.42. The zero-order valence-electron chi connectivity index (χ0n) is 16.9. The van der Waals surface area contributed by atoms with Crippen molar-refractivity contribution in [1.29, 1.82) is 0 Å². The van der Waals surface area contributed by atoms with Crippen molar-refractivity contribution in [1.82, 2.24) is 20.6 Å². The normalized spacial score (nSPS) is 19.8. The Bertz CT molecular complexity index is 1030. The van der Waals surface area contributed by atoms with Gasteiger partial charge in [-0.25, -0.2) is 4.68 Å². The van der Waals surface area contributed by atoms with Gasteiger partial charge >= 0.3 is 0 Å². The van der Waals surface area contributed by atoms with Crippen molar-refractivity contribution in [3.8, 4) is 0 Å². The van der Waals surface area contributed by atoms with E-state index in [1.165, 1.54) is 4.68 Å². The Morgan fingerprint density at radius 2 is 1.82 bits per heavy atom. The highest BCUT2D eigenvalue weighted by Gasteiger charge is 2.60. The largest absolute Gasteiger partial charge is 0.290 e. The molecule has 2 amide bonds. The average molecular weight is 382 g/mol. The summed E-state index contributed by atoms with van der Waals surface area (Å²) in [6.07, 6.45) is 2.10. The lowest BCUT2D eigenvalue weighted by atomic mass is 10.1. The molecule has 148 valence electrons. The number of nitrogens with one attached hydrogen (secondary N) is 2. The van der Waals surface area contributed by atoms with Gasteiger partial charge in [0.15, 0.2) is 5.69 Å². The minimum Gasteiger partial charge on any atom is -0.273 e. The molecule has 0 aliphatic heterocycles. The number of amides is 2. The maximum atomic E-state index is 12.7. The monoisotopic (exact) mass is 382 g/mol. The van der Waals surface area contributed by atoms with Crippen LogP contribution in [-0.4, -0.2) is 21.6 Å². The summed E-state index contributed by atoms with van der Waals surface area (Å²) in [5.41, 5.74) is 5.85. The van der Waals surface area contributed by atoms with E-state index in [4.69, 9.17) is 0 Å². The second-order valence-electron chi connectivity index (χ2n) is 8.03. The van der Waals surface area contributed by atoms with Crippen LogP contribution in [0.5, 0.6) is 0 Å². The van der Waals surface area contributed by atoms with Gasteiger partial charge in [-0.1, -0.05) is 43.7 Å². The van der Waals surface area contributed by atoms with Gasteiger partial charge < -0.3 is 0 Å². The lowest BCUT2D eigenvalue weighted by Crippen LogP contribution is -2.44. The molecule has 2 atom stereocenters. The van der Waals surface area contributed by atoms with Crippen LogP contribution in [0.4, 0.5) is 0 Å². The van der Waals surface area contributed by atoms with Crippen LogP contribution in [0.25, 0.3) is 10.8 Å². The van der Waals surface area contributed by atoms with Gasteiger partial charge in [0.1, 0.15) is 0 Å². The van der Waals surface area contributed by atoms with E-state index in [2.05, 4.69) is 22.0 Å². The van der Waals surface area contributed by atoms with E-state index in [0.29, 0.717) is 17.3 Å². The van der Waals surface area contributed by atoms with E-state index >= 15 is 0 Å². The predicted molar refractivity (Wildman–Crippen MR) is 107 cm³/mol. The Balaban J connectivity index is 1.80. The highest BCUT2D eigenvalue weighted by molar-refractivity contribution is 6.05. The lowest BCUT2D eigenvalue weighted by molar-refractivity contribution is -0.123. The molecule has 1 fully saturated rings. The van der Waals surface area contributed by atoms with Crippen molar-refractivity contribution in [2.75, 3.05) is 0 Å². The quantitative estimate of drug-likeness (QED) is 0.627. The first-order chi connectivity index (χ1) is 13.2. The van der Waals surface area contributed by atoms with Gasteiger partial charge in [0, 0.05) is 11.9 Å². The molecule has 2 aromatic rings. The number of hydrogen-bond donors (Lipinski definition) is 2. The number of benzene rings is 1. The number of aryl methyl sites for hydroxylation is 1. The fourth-order valence-electron chi connectivity index (χ4n) is 3.72. The van der Waals surface area contributed by atoms with Crippen LogP contribution in [0.2, 0.25) is 0 Å². The minimum absolute atomic E-state index is 0.105. The molecule has 0 spiro atoms. The Morgan fingerprint density at radius 1 is 1.18 bits per heavy atom. The van der Waals surface area contributed by atoms with Crippen molar-refractivity contribution in [3.63, 3.8) is 0 Å². The summed E-state index contributed by atoms with van der Waals surface area (Å²) in [4.78, 5) is 37.6. The minimum atomic E-state index is -0.552. The van der Waals surface area contributed by atoms with Crippen LogP contribution >= 0.6 is 0 Å². The zero-order valence-corrected chi connectivity index (χ0v) is 16.9.